The fourth-order valence-corrected chi connectivity index (χ4v) is 1.26. The van der Waals surface area contributed by atoms with Gasteiger partial charge in [0.25, 0.3) is 6.43 Å². The molecule has 0 fully saturated rings. The molecular weight excluding hydrogens is 244 g/mol. The Hall–Kier alpha value is -1.24. The van der Waals surface area contributed by atoms with E-state index in [1.165, 1.54) is 0 Å². The topological polar surface area (TPSA) is 64.7 Å². The molecule has 6 heteroatoms. The van der Waals surface area contributed by atoms with Gasteiger partial charge in [0.15, 0.2) is 0 Å². The largest absolute Gasteiger partial charge is 0.491 e. The monoisotopic (exact) mass is 261 g/mol. The summed E-state index contributed by atoms with van der Waals surface area (Å²) in [4.78, 5) is 0. The number of halogens is 2. The molecule has 1 unspecified atom stereocenters. The molecule has 0 aliphatic carbocycles. The maximum absolute atomic E-state index is 11.8. The summed E-state index contributed by atoms with van der Waals surface area (Å²) in [6.45, 7) is -0.414. The predicted molar refractivity (Wildman–Crippen MR) is 62.7 cm³/mol. The Bertz CT molecular complexity index is 333. The van der Waals surface area contributed by atoms with Crippen LogP contribution in [-0.2, 0) is 11.3 Å². The van der Waals surface area contributed by atoms with Crippen LogP contribution in [0.5, 0.6) is 5.75 Å². The van der Waals surface area contributed by atoms with Crippen molar-refractivity contribution in [1.82, 2.24) is 0 Å². The highest BCUT2D eigenvalue weighted by Crippen LogP contribution is 2.12. The quantitative estimate of drug-likeness (QED) is 0.737. The van der Waals surface area contributed by atoms with Crippen LogP contribution in [-0.4, -0.2) is 37.5 Å². The van der Waals surface area contributed by atoms with E-state index in [9.17, 15) is 13.9 Å². The minimum atomic E-state index is -2.53. The van der Waals surface area contributed by atoms with Crippen molar-refractivity contribution in [3.05, 3.63) is 29.8 Å². The Kier molecular flexibility index (Phi) is 6.56. The molecule has 1 aromatic carbocycles. The van der Waals surface area contributed by atoms with E-state index in [-0.39, 0.29) is 13.2 Å². The second-order valence-electron chi connectivity index (χ2n) is 3.74. The van der Waals surface area contributed by atoms with Crippen LogP contribution in [0.1, 0.15) is 5.56 Å². The first-order valence-electron chi connectivity index (χ1n) is 5.57. The number of ether oxygens (including phenoxy) is 2. The van der Waals surface area contributed by atoms with Crippen LogP contribution in [0.3, 0.4) is 0 Å². The minimum Gasteiger partial charge on any atom is -0.491 e. The second-order valence-corrected chi connectivity index (χ2v) is 3.74. The van der Waals surface area contributed by atoms with Gasteiger partial charge in [0.1, 0.15) is 25.1 Å². The molecule has 4 nitrogen and oxygen atoms in total. The SMILES string of the molecule is NCc1ccc(OCC(O)COCC(F)F)cc1. The van der Waals surface area contributed by atoms with Crippen LogP contribution in [0.25, 0.3) is 0 Å². The van der Waals surface area contributed by atoms with Gasteiger partial charge < -0.3 is 20.3 Å². The average molecular weight is 261 g/mol. The van der Waals surface area contributed by atoms with Gasteiger partial charge in [0.2, 0.25) is 0 Å². The lowest BCUT2D eigenvalue weighted by molar-refractivity contribution is -0.0306. The zero-order chi connectivity index (χ0) is 13.4. The second kappa shape index (κ2) is 7.97. The Balaban J connectivity index is 2.22. The number of benzene rings is 1. The van der Waals surface area contributed by atoms with E-state index in [1.54, 1.807) is 12.1 Å². The summed E-state index contributed by atoms with van der Waals surface area (Å²) in [6, 6.07) is 7.09. The predicted octanol–water partition coefficient (Wildman–Crippen LogP) is 1.17. The van der Waals surface area contributed by atoms with Crippen LogP contribution in [0.15, 0.2) is 24.3 Å². The highest BCUT2D eigenvalue weighted by Gasteiger charge is 2.08. The van der Waals surface area contributed by atoms with Gasteiger partial charge in [-0.25, -0.2) is 8.78 Å². The molecule has 0 aliphatic rings. The maximum Gasteiger partial charge on any atom is 0.261 e. The lowest BCUT2D eigenvalue weighted by atomic mass is 10.2. The summed E-state index contributed by atoms with van der Waals surface area (Å²) >= 11 is 0. The van der Waals surface area contributed by atoms with Crippen LogP contribution in [0.2, 0.25) is 0 Å². The molecule has 3 N–H and O–H groups in total. The van der Waals surface area contributed by atoms with Crippen LogP contribution in [0, 0.1) is 0 Å². The van der Waals surface area contributed by atoms with Gasteiger partial charge in [-0.2, -0.15) is 0 Å². The molecule has 0 saturated carbocycles. The molecule has 1 aromatic rings. The molecule has 0 saturated heterocycles. The molecule has 0 bridgehead atoms. The maximum atomic E-state index is 11.8. The number of rotatable bonds is 8. The summed E-state index contributed by atoms with van der Waals surface area (Å²) in [6.07, 6.45) is -3.46. The highest BCUT2D eigenvalue weighted by molar-refractivity contribution is 5.27. The van der Waals surface area contributed by atoms with E-state index in [4.69, 9.17) is 10.5 Å². The molecular formula is C12H17F2NO3. The molecule has 1 atom stereocenters. The number of nitrogens with two attached hydrogens (primary N) is 1. The van der Waals surface area contributed by atoms with E-state index in [0.717, 1.165) is 5.56 Å². The summed E-state index contributed by atoms with van der Waals surface area (Å²) in [5, 5.41) is 9.41. The Labute approximate surface area is 104 Å². The Morgan fingerprint density at radius 1 is 1.11 bits per heavy atom. The summed E-state index contributed by atoms with van der Waals surface area (Å²) in [5.74, 6) is 0.583. The molecule has 0 heterocycles. The Morgan fingerprint density at radius 2 is 1.78 bits per heavy atom. The third kappa shape index (κ3) is 5.90. The van der Waals surface area contributed by atoms with Crippen molar-refractivity contribution < 1.29 is 23.4 Å². The van der Waals surface area contributed by atoms with E-state index in [1.807, 2.05) is 12.1 Å². The zero-order valence-electron chi connectivity index (χ0n) is 9.89. The van der Waals surface area contributed by atoms with Crippen molar-refractivity contribution in [2.75, 3.05) is 19.8 Å². The van der Waals surface area contributed by atoms with Gasteiger partial charge in [-0.3, -0.25) is 0 Å². The first kappa shape index (κ1) is 14.8. The van der Waals surface area contributed by atoms with Crippen molar-refractivity contribution in [2.24, 2.45) is 5.73 Å². The van der Waals surface area contributed by atoms with Crippen molar-refractivity contribution in [3.8, 4) is 5.75 Å². The normalized spacial score (nSPS) is 12.7. The van der Waals surface area contributed by atoms with Crippen LogP contribution in [0.4, 0.5) is 8.78 Å². The van der Waals surface area contributed by atoms with Crippen molar-refractivity contribution in [3.63, 3.8) is 0 Å². The fraction of sp³-hybridized carbons (Fsp3) is 0.500. The lowest BCUT2D eigenvalue weighted by Gasteiger charge is -2.12. The molecule has 0 amide bonds. The number of hydrogen-bond acceptors (Lipinski definition) is 4. The molecule has 102 valence electrons. The zero-order valence-corrected chi connectivity index (χ0v) is 9.89. The molecule has 0 radical (unpaired) electrons. The first-order valence-corrected chi connectivity index (χ1v) is 5.57. The van der Waals surface area contributed by atoms with Crippen molar-refractivity contribution >= 4 is 0 Å². The van der Waals surface area contributed by atoms with Crippen LogP contribution >= 0.6 is 0 Å². The smallest absolute Gasteiger partial charge is 0.261 e. The minimum absolute atomic E-state index is 0.00872. The number of aliphatic hydroxyl groups excluding tert-OH is 1. The number of hydrogen-bond donors (Lipinski definition) is 2. The van der Waals surface area contributed by atoms with Gasteiger partial charge in [0.05, 0.1) is 6.61 Å². The average Bonchev–Trinajstić information content (AvgIpc) is 2.36. The third-order valence-corrected chi connectivity index (χ3v) is 2.16. The van der Waals surface area contributed by atoms with E-state index >= 15 is 0 Å². The van der Waals surface area contributed by atoms with Crippen molar-refractivity contribution in [2.45, 2.75) is 19.1 Å². The molecule has 0 aromatic heterocycles. The molecule has 1 rings (SSSR count). The number of alkyl halides is 2. The summed E-state index contributed by atoms with van der Waals surface area (Å²) in [7, 11) is 0. The molecule has 0 aliphatic heterocycles. The van der Waals surface area contributed by atoms with E-state index in [2.05, 4.69) is 4.74 Å². The lowest BCUT2D eigenvalue weighted by Crippen LogP contribution is -2.24. The van der Waals surface area contributed by atoms with Gasteiger partial charge in [-0.15, -0.1) is 0 Å². The standard InChI is InChI=1S/C12H17F2NO3/c13-12(14)8-17-6-10(16)7-18-11-3-1-9(5-15)2-4-11/h1-4,10,12,16H,5-8,15H2. The summed E-state index contributed by atoms with van der Waals surface area (Å²) < 4.78 is 33.4. The Morgan fingerprint density at radius 3 is 2.33 bits per heavy atom. The van der Waals surface area contributed by atoms with Crippen LogP contribution < -0.4 is 10.5 Å². The third-order valence-electron chi connectivity index (χ3n) is 2.16. The van der Waals surface area contributed by atoms with Gasteiger partial charge in [-0.1, -0.05) is 12.1 Å². The van der Waals surface area contributed by atoms with Gasteiger partial charge in [0, 0.05) is 6.54 Å². The van der Waals surface area contributed by atoms with E-state index in [0.29, 0.717) is 12.3 Å². The van der Waals surface area contributed by atoms with Crippen molar-refractivity contribution in [1.29, 1.82) is 0 Å². The van der Waals surface area contributed by atoms with Gasteiger partial charge in [-0.05, 0) is 17.7 Å². The number of aliphatic hydroxyl groups is 1. The molecule has 0 spiro atoms. The summed E-state index contributed by atoms with van der Waals surface area (Å²) in [5.41, 5.74) is 6.42. The fourth-order valence-electron chi connectivity index (χ4n) is 1.26. The first-order chi connectivity index (χ1) is 8.61. The van der Waals surface area contributed by atoms with Gasteiger partial charge >= 0.3 is 0 Å². The molecule has 18 heavy (non-hydrogen) atoms. The highest BCUT2D eigenvalue weighted by atomic mass is 19.3. The van der Waals surface area contributed by atoms with E-state index < -0.39 is 19.1 Å².